The van der Waals surface area contributed by atoms with Gasteiger partial charge in [0.1, 0.15) is 0 Å². The number of hydrogen-bond acceptors (Lipinski definition) is 2. The van der Waals surface area contributed by atoms with Gasteiger partial charge < -0.3 is 10.2 Å². The van der Waals surface area contributed by atoms with Crippen molar-refractivity contribution in [3.8, 4) is 0 Å². The Kier molecular flexibility index (Phi) is 3.09. The fourth-order valence-corrected chi connectivity index (χ4v) is 4.25. The molecular weight excluding hydrogens is 188 g/mol. The van der Waals surface area contributed by atoms with Gasteiger partial charge in [-0.1, -0.05) is 20.3 Å². The molecular formula is C13H24O2. The molecule has 0 heterocycles. The third-order valence-corrected chi connectivity index (χ3v) is 5.14. The molecule has 5 atom stereocenters. The molecule has 15 heavy (non-hydrogen) atoms. The van der Waals surface area contributed by atoms with E-state index in [2.05, 4.69) is 13.8 Å². The van der Waals surface area contributed by atoms with Gasteiger partial charge in [-0.05, 0) is 48.9 Å². The summed E-state index contributed by atoms with van der Waals surface area (Å²) in [6, 6.07) is 0. The highest BCUT2D eigenvalue weighted by atomic mass is 16.3. The summed E-state index contributed by atoms with van der Waals surface area (Å²) in [5.41, 5.74) is 0.291. The minimum atomic E-state index is -0.0837. The molecule has 0 aromatic rings. The van der Waals surface area contributed by atoms with Crippen molar-refractivity contribution in [1.29, 1.82) is 0 Å². The second kappa shape index (κ2) is 4.06. The average molecular weight is 212 g/mol. The summed E-state index contributed by atoms with van der Waals surface area (Å²) < 4.78 is 0. The molecule has 0 saturated heterocycles. The van der Waals surface area contributed by atoms with E-state index >= 15 is 0 Å². The number of aliphatic hydroxyl groups is 2. The Morgan fingerprint density at radius 2 is 2.07 bits per heavy atom. The van der Waals surface area contributed by atoms with E-state index in [0.717, 1.165) is 19.3 Å². The molecule has 2 aliphatic rings. The van der Waals surface area contributed by atoms with Crippen molar-refractivity contribution < 1.29 is 10.2 Å². The molecule has 0 bridgehead atoms. The van der Waals surface area contributed by atoms with E-state index in [4.69, 9.17) is 0 Å². The van der Waals surface area contributed by atoms with Crippen LogP contribution in [0.5, 0.6) is 0 Å². The lowest BCUT2D eigenvalue weighted by molar-refractivity contribution is -0.0321. The van der Waals surface area contributed by atoms with Gasteiger partial charge in [-0.2, -0.15) is 0 Å². The summed E-state index contributed by atoms with van der Waals surface area (Å²) in [7, 11) is 0. The van der Waals surface area contributed by atoms with Gasteiger partial charge >= 0.3 is 0 Å². The van der Waals surface area contributed by atoms with Crippen LogP contribution in [0.15, 0.2) is 0 Å². The molecule has 2 rings (SSSR count). The van der Waals surface area contributed by atoms with Gasteiger partial charge in [0.05, 0.1) is 6.10 Å². The molecule has 0 aromatic heterocycles. The molecule has 0 aliphatic heterocycles. The van der Waals surface area contributed by atoms with Crippen LogP contribution in [0.2, 0.25) is 0 Å². The first-order valence-electron chi connectivity index (χ1n) is 6.38. The summed E-state index contributed by atoms with van der Waals surface area (Å²) in [5, 5.41) is 19.4. The van der Waals surface area contributed by atoms with Crippen LogP contribution in [0, 0.1) is 23.2 Å². The van der Waals surface area contributed by atoms with Crippen molar-refractivity contribution in [1.82, 2.24) is 0 Å². The van der Waals surface area contributed by atoms with Gasteiger partial charge in [-0.25, -0.2) is 0 Å². The van der Waals surface area contributed by atoms with E-state index in [1.807, 2.05) is 0 Å². The van der Waals surface area contributed by atoms with Crippen LogP contribution in [0.3, 0.4) is 0 Å². The maximum atomic E-state index is 10.1. The zero-order valence-electron chi connectivity index (χ0n) is 9.95. The summed E-state index contributed by atoms with van der Waals surface area (Å²) in [4.78, 5) is 0. The largest absolute Gasteiger partial charge is 0.396 e. The second-order valence-corrected chi connectivity index (χ2v) is 5.92. The van der Waals surface area contributed by atoms with E-state index in [9.17, 15) is 10.2 Å². The number of hydrogen-bond donors (Lipinski definition) is 2. The fraction of sp³-hybridized carbons (Fsp3) is 1.00. The van der Waals surface area contributed by atoms with Crippen molar-refractivity contribution in [2.24, 2.45) is 23.2 Å². The predicted octanol–water partition coefficient (Wildman–Crippen LogP) is 2.19. The second-order valence-electron chi connectivity index (χ2n) is 5.92. The van der Waals surface area contributed by atoms with Crippen LogP contribution >= 0.6 is 0 Å². The maximum Gasteiger partial charge on any atom is 0.0573 e. The number of fused-ring (bicyclic) bond motifs is 1. The molecule has 2 nitrogen and oxygen atoms in total. The topological polar surface area (TPSA) is 40.5 Å². The zero-order chi connectivity index (χ0) is 11.1. The zero-order valence-corrected chi connectivity index (χ0v) is 9.95. The molecule has 0 unspecified atom stereocenters. The summed E-state index contributed by atoms with van der Waals surface area (Å²) in [6.45, 7) is 4.78. The van der Waals surface area contributed by atoms with Crippen LogP contribution in [-0.2, 0) is 0 Å². The Bertz CT molecular complexity index is 229. The van der Waals surface area contributed by atoms with E-state index in [1.165, 1.54) is 12.8 Å². The molecule has 0 spiro atoms. The van der Waals surface area contributed by atoms with E-state index in [-0.39, 0.29) is 6.10 Å². The predicted molar refractivity (Wildman–Crippen MR) is 60.4 cm³/mol. The van der Waals surface area contributed by atoms with Crippen molar-refractivity contribution in [3.05, 3.63) is 0 Å². The van der Waals surface area contributed by atoms with Gasteiger partial charge in [0.2, 0.25) is 0 Å². The van der Waals surface area contributed by atoms with E-state index < -0.39 is 0 Å². The lowest BCUT2D eigenvalue weighted by Crippen LogP contribution is -2.41. The van der Waals surface area contributed by atoms with Gasteiger partial charge in [0.15, 0.2) is 0 Å². The Balaban J connectivity index is 2.17. The van der Waals surface area contributed by atoms with E-state index in [0.29, 0.717) is 29.8 Å². The van der Waals surface area contributed by atoms with Crippen LogP contribution in [0.1, 0.15) is 46.0 Å². The number of rotatable bonds is 2. The minimum Gasteiger partial charge on any atom is -0.396 e. The normalized spacial score (nSPS) is 47.6. The standard InChI is InChI=1S/C13H24O2/c1-9(8-14)10-5-6-11-12(15)4-3-7-13(10,11)2/h9-12,14-15H,3-8H2,1-2H3/t9-,10-,11+,12+,13-/m1/s1. The van der Waals surface area contributed by atoms with Gasteiger partial charge in [0.25, 0.3) is 0 Å². The van der Waals surface area contributed by atoms with E-state index in [1.54, 1.807) is 0 Å². The summed E-state index contributed by atoms with van der Waals surface area (Å²) in [6.07, 6.45) is 5.65. The molecule has 2 saturated carbocycles. The lowest BCUT2D eigenvalue weighted by Gasteiger charge is -2.45. The molecule has 0 amide bonds. The Morgan fingerprint density at radius 1 is 1.33 bits per heavy atom. The molecule has 2 fully saturated rings. The molecule has 88 valence electrons. The van der Waals surface area contributed by atoms with Crippen molar-refractivity contribution in [2.45, 2.75) is 52.1 Å². The fourth-order valence-electron chi connectivity index (χ4n) is 4.25. The van der Waals surface area contributed by atoms with Gasteiger partial charge in [-0.15, -0.1) is 0 Å². The van der Waals surface area contributed by atoms with Crippen LogP contribution in [0.4, 0.5) is 0 Å². The minimum absolute atomic E-state index is 0.0837. The van der Waals surface area contributed by atoms with Crippen molar-refractivity contribution in [3.63, 3.8) is 0 Å². The average Bonchev–Trinajstić information content (AvgIpc) is 2.56. The highest BCUT2D eigenvalue weighted by Gasteiger charge is 2.51. The molecule has 2 N–H and O–H groups in total. The monoisotopic (exact) mass is 212 g/mol. The quantitative estimate of drug-likeness (QED) is 0.736. The van der Waals surface area contributed by atoms with Gasteiger partial charge in [-0.3, -0.25) is 0 Å². The highest BCUT2D eigenvalue weighted by molar-refractivity contribution is 5.01. The summed E-state index contributed by atoms with van der Waals surface area (Å²) >= 11 is 0. The SMILES string of the molecule is C[C@H](CO)[C@H]1CC[C@H]2[C@@H](O)CCC[C@]12C. The lowest BCUT2D eigenvalue weighted by atomic mass is 9.62. The Labute approximate surface area is 92.7 Å². The third-order valence-electron chi connectivity index (χ3n) is 5.14. The van der Waals surface area contributed by atoms with Crippen molar-refractivity contribution in [2.75, 3.05) is 6.61 Å². The molecule has 2 aliphatic carbocycles. The van der Waals surface area contributed by atoms with Crippen LogP contribution in [0.25, 0.3) is 0 Å². The van der Waals surface area contributed by atoms with Crippen molar-refractivity contribution >= 4 is 0 Å². The first-order valence-corrected chi connectivity index (χ1v) is 6.38. The number of aliphatic hydroxyl groups excluding tert-OH is 2. The molecule has 0 radical (unpaired) electrons. The van der Waals surface area contributed by atoms with Crippen LogP contribution in [-0.4, -0.2) is 22.9 Å². The van der Waals surface area contributed by atoms with Gasteiger partial charge in [0, 0.05) is 6.61 Å². The third kappa shape index (κ3) is 1.72. The highest BCUT2D eigenvalue weighted by Crippen LogP contribution is 2.57. The first kappa shape index (κ1) is 11.4. The molecule has 2 heteroatoms. The Morgan fingerprint density at radius 3 is 2.73 bits per heavy atom. The van der Waals surface area contributed by atoms with Crippen LogP contribution < -0.4 is 0 Å². The summed E-state index contributed by atoms with van der Waals surface area (Å²) in [5.74, 6) is 1.50. The smallest absolute Gasteiger partial charge is 0.0573 e. The Hall–Kier alpha value is -0.0800. The maximum absolute atomic E-state index is 10.1. The molecule has 0 aromatic carbocycles. The first-order chi connectivity index (χ1) is 7.09.